The van der Waals surface area contributed by atoms with Gasteiger partial charge in [0.15, 0.2) is 11.2 Å². The van der Waals surface area contributed by atoms with Crippen LogP contribution in [0.4, 0.5) is 0 Å². The molecule has 1 amide bonds. The van der Waals surface area contributed by atoms with Gasteiger partial charge in [-0.15, -0.1) is 0 Å². The number of amides is 1. The molecule has 0 aliphatic rings. The van der Waals surface area contributed by atoms with Crippen molar-refractivity contribution in [1.82, 2.24) is 23.6 Å². The summed E-state index contributed by atoms with van der Waals surface area (Å²) in [5.74, 6) is -0.701. The number of aryl methyl sites for hydroxylation is 2. The Morgan fingerprint density at radius 2 is 2.08 bits per heavy atom. The molecule has 1 atom stereocenters. The van der Waals surface area contributed by atoms with Crippen molar-refractivity contribution in [3.63, 3.8) is 0 Å². The SMILES string of the molecule is CCN(CC(C)C#N)C(=O)Cn1c(=O)c2c(ncn2C)n(C)c1=O. The molecule has 0 aliphatic heterocycles. The van der Waals surface area contributed by atoms with E-state index in [1.54, 1.807) is 20.9 Å². The van der Waals surface area contributed by atoms with Crippen LogP contribution in [0.25, 0.3) is 11.2 Å². The second kappa shape index (κ2) is 6.70. The van der Waals surface area contributed by atoms with Gasteiger partial charge in [-0.2, -0.15) is 5.26 Å². The summed E-state index contributed by atoms with van der Waals surface area (Å²) in [6, 6.07) is 2.07. The zero-order chi connectivity index (χ0) is 18.0. The van der Waals surface area contributed by atoms with E-state index in [0.717, 1.165) is 4.57 Å². The Balaban J connectivity index is 2.45. The van der Waals surface area contributed by atoms with Crippen LogP contribution < -0.4 is 11.2 Å². The fourth-order valence-electron chi connectivity index (χ4n) is 2.55. The molecule has 1 unspecified atom stereocenters. The van der Waals surface area contributed by atoms with Crippen LogP contribution in [0.15, 0.2) is 15.9 Å². The number of aromatic nitrogens is 4. The Hall–Kier alpha value is -2.89. The van der Waals surface area contributed by atoms with Gasteiger partial charge in [0.1, 0.15) is 6.54 Å². The maximum atomic E-state index is 12.6. The number of nitrogens with zero attached hydrogens (tertiary/aromatic N) is 6. The summed E-state index contributed by atoms with van der Waals surface area (Å²) in [6.45, 7) is 3.79. The summed E-state index contributed by atoms with van der Waals surface area (Å²) < 4.78 is 3.68. The number of rotatable bonds is 5. The first kappa shape index (κ1) is 17.5. The van der Waals surface area contributed by atoms with Crippen LogP contribution in [0, 0.1) is 17.2 Å². The molecule has 0 N–H and O–H groups in total. The van der Waals surface area contributed by atoms with E-state index in [1.807, 2.05) is 0 Å². The molecule has 0 aliphatic carbocycles. The molecular formula is C15H20N6O3. The Kier molecular flexibility index (Phi) is 4.87. The zero-order valence-corrected chi connectivity index (χ0v) is 14.2. The molecule has 0 saturated heterocycles. The molecule has 2 rings (SSSR count). The van der Waals surface area contributed by atoms with Crippen molar-refractivity contribution < 1.29 is 4.79 Å². The lowest BCUT2D eigenvalue weighted by molar-refractivity contribution is -0.132. The van der Waals surface area contributed by atoms with Gasteiger partial charge in [0, 0.05) is 27.2 Å². The molecule has 2 aromatic rings. The number of carbonyl (C=O) groups is 1. The number of imidazole rings is 1. The third-order valence-corrected chi connectivity index (χ3v) is 3.94. The van der Waals surface area contributed by atoms with E-state index in [1.165, 1.54) is 27.4 Å². The van der Waals surface area contributed by atoms with Gasteiger partial charge in [0.2, 0.25) is 5.91 Å². The van der Waals surface area contributed by atoms with Gasteiger partial charge in [0.25, 0.3) is 5.56 Å². The van der Waals surface area contributed by atoms with Gasteiger partial charge in [-0.1, -0.05) is 0 Å². The van der Waals surface area contributed by atoms with E-state index in [4.69, 9.17) is 5.26 Å². The van der Waals surface area contributed by atoms with Gasteiger partial charge in [0.05, 0.1) is 18.3 Å². The molecule has 0 saturated carbocycles. The quantitative estimate of drug-likeness (QED) is 0.730. The second-order valence-electron chi connectivity index (χ2n) is 5.72. The summed E-state index contributed by atoms with van der Waals surface area (Å²) in [5, 5.41) is 8.89. The fourth-order valence-corrected chi connectivity index (χ4v) is 2.55. The van der Waals surface area contributed by atoms with E-state index < -0.39 is 11.2 Å². The molecule has 2 aromatic heterocycles. The van der Waals surface area contributed by atoms with E-state index in [0.29, 0.717) is 6.54 Å². The molecule has 128 valence electrons. The number of hydrogen-bond donors (Lipinski definition) is 0. The largest absolute Gasteiger partial charge is 0.340 e. The van der Waals surface area contributed by atoms with Crippen LogP contribution in [-0.4, -0.2) is 42.6 Å². The van der Waals surface area contributed by atoms with Crippen LogP contribution in [0.3, 0.4) is 0 Å². The van der Waals surface area contributed by atoms with Gasteiger partial charge in [-0.05, 0) is 13.8 Å². The highest BCUT2D eigenvalue weighted by molar-refractivity contribution is 5.76. The number of nitriles is 1. The topological polar surface area (TPSA) is 106 Å². The highest BCUT2D eigenvalue weighted by Crippen LogP contribution is 2.04. The van der Waals surface area contributed by atoms with Crippen LogP contribution in [0.5, 0.6) is 0 Å². The van der Waals surface area contributed by atoms with Crippen molar-refractivity contribution in [2.24, 2.45) is 20.0 Å². The van der Waals surface area contributed by atoms with Crippen molar-refractivity contribution in [3.8, 4) is 6.07 Å². The number of carbonyl (C=O) groups excluding carboxylic acids is 1. The summed E-state index contributed by atoms with van der Waals surface area (Å²) in [7, 11) is 3.16. The third kappa shape index (κ3) is 2.95. The molecule has 0 aromatic carbocycles. The normalized spacial score (nSPS) is 12.1. The fraction of sp³-hybridized carbons (Fsp3) is 0.533. The standard InChI is InChI=1S/C15H20N6O3/c1-5-20(7-10(2)6-16)11(22)8-21-14(23)12-13(17-9-18(12)3)19(4)15(21)24/h9-10H,5,7-8H2,1-4H3. The van der Waals surface area contributed by atoms with Crippen molar-refractivity contribution >= 4 is 17.1 Å². The molecule has 9 nitrogen and oxygen atoms in total. The van der Waals surface area contributed by atoms with E-state index in [9.17, 15) is 14.4 Å². The van der Waals surface area contributed by atoms with E-state index in [2.05, 4.69) is 11.1 Å². The first-order valence-corrected chi connectivity index (χ1v) is 7.60. The van der Waals surface area contributed by atoms with Crippen molar-refractivity contribution in [1.29, 1.82) is 5.26 Å². The Morgan fingerprint density at radius 3 is 2.67 bits per heavy atom. The summed E-state index contributed by atoms with van der Waals surface area (Å²) in [4.78, 5) is 42.9. The van der Waals surface area contributed by atoms with Gasteiger partial charge in [-0.3, -0.25) is 14.2 Å². The third-order valence-electron chi connectivity index (χ3n) is 3.94. The molecule has 2 heterocycles. The van der Waals surface area contributed by atoms with Crippen LogP contribution >= 0.6 is 0 Å². The molecule has 0 radical (unpaired) electrons. The van der Waals surface area contributed by atoms with Crippen molar-refractivity contribution in [2.45, 2.75) is 20.4 Å². The van der Waals surface area contributed by atoms with E-state index in [-0.39, 0.29) is 36.1 Å². The smallest absolute Gasteiger partial charge is 0.332 e. The molecule has 9 heteroatoms. The maximum absolute atomic E-state index is 12.6. The molecule has 0 spiro atoms. The lowest BCUT2D eigenvalue weighted by Gasteiger charge is -2.22. The number of hydrogen-bond acceptors (Lipinski definition) is 5. The molecular weight excluding hydrogens is 312 g/mol. The molecule has 24 heavy (non-hydrogen) atoms. The first-order chi connectivity index (χ1) is 11.3. The Bertz CT molecular complexity index is 930. The summed E-state index contributed by atoms with van der Waals surface area (Å²) in [6.07, 6.45) is 1.45. The van der Waals surface area contributed by atoms with Crippen molar-refractivity contribution in [3.05, 3.63) is 27.2 Å². The van der Waals surface area contributed by atoms with Gasteiger partial charge >= 0.3 is 5.69 Å². The molecule has 0 fully saturated rings. The van der Waals surface area contributed by atoms with Crippen LogP contribution in [0.2, 0.25) is 0 Å². The minimum atomic E-state index is -0.594. The van der Waals surface area contributed by atoms with Crippen LogP contribution in [0.1, 0.15) is 13.8 Å². The lowest BCUT2D eigenvalue weighted by Crippen LogP contribution is -2.45. The van der Waals surface area contributed by atoms with Crippen molar-refractivity contribution in [2.75, 3.05) is 13.1 Å². The number of fused-ring (bicyclic) bond motifs is 1. The molecule has 0 bridgehead atoms. The minimum Gasteiger partial charge on any atom is -0.340 e. The Labute approximate surface area is 138 Å². The minimum absolute atomic E-state index is 0.259. The number of likely N-dealkylation sites (N-methyl/N-ethyl adjacent to an activating group) is 1. The first-order valence-electron chi connectivity index (χ1n) is 7.60. The van der Waals surface area contributed by atoms with Crippen LogP contribution in [-0.2, 0) is 25.4 Å². The zero-order valence-electron chi connectivity index (χ0n) is 14.2. The average Bonchev–Trinajstić information content (AvgIpc) is 2.95. The summed E-state index contributed by atoms with van der Waals surface area (Å²) >= 11 is 0. The predicted molar refractivity (Wildman–Crippen MR) is 87.2 cm³/mol. The van der Waals surface area contributed by atoms with E-state index >= 15 is 0 Å². The maximum Gasteiger partial charge on any atom is 0.332 e. The second-order valence-corrected chi connectivity index (χ2v) is 5.72. The van der Waals surface area contributed by atoms with Gasteiger partial charge in [-0.25, -0.2) is 14.3 Å². The highest BCUT2D eigenvalue weighted by Gasteiger charge is 2.20. The average molecular weight is 332 g/mol. The van der Waals surface area contributed by atoms with Gasteiger partial charge < -0.3 is 9.47 Å². The monoisotopic (exact) mass is 332 g/mol. The predicted octanol–water partition coefficient (Wildman–Crippen LogP) is -0.558. The highest BCUT2D eigenvalue weighted by atomic mass is 16.2. The summed E-state index contributed by atoms with van der Waals surface area (Å²) in [5.41, 5.74) is -0.602. The Morgan fingerprint density at radius 1 is 1.42 bits per heavy atom. The lowest BCUT2D eigenvalue weighted by atomic mass is 10.2.